The molecule has 2 aliphatic rings. The molecule has 1 saturated carbocycles. The Hall–Kier alpha value is -0.350. The van der Waals surface area contributed by atoms with Gasteiger partial charge in [-0.05, 0) is 42.5 Å². The topological polar surface area (TPSA) is 29.4 Å². The summed E-state index contributed by atoms with van der Waals surface area (Å²) in [6.45, 7) is 0. The molecule has 3 rings (SSSR count). The maximum Gasteiger partial charge on any atom is 0.0731 e. The standard InChI is InChI=1S/C11H12BrNOS/c12-9-1-3-10(4-2-9)13-15(14)7-11(8-15)5-6-11/h1-4H,5-8H2. The molecule has 80 valence electrons. The number of benzene rings is 1. The maximum absolute atomic E-state index is 12.2. The van der Waals surface area contributed by atoms with Gasteiger partial charge in [0, 0.05) is 16.0 Å². The number of nitrogens with zero attached hydrogens (tertiary/aromatic N) is 1. The third-order valence-electron chi connectivity index (χ3n) is 3.12. The fraction of sp³-hybridized carbons (Fsp3) is 0.455. The van der Waals surface area contributed by atoms with E-state index in [4.69, 9.17) is 0 Å². The molecule has 2 fully saturated rings. The van der Waals surface area contributed by atoms with Gasteiger partial charge in [-0.25, -0.2) is 4.21 Å². The van der Waals surface area contributed by atoms with E-state index in [1.54, 1.807) is 0 Å². The molecule has 0 radical (unpaired) electrons. The van der Waals surface area contributed by atoms with Crippen LogP contribution in [0.2, 0.25) is 0 Å². The molecule has 1 aromatic carbocycles. The molecule has 0 bridgehead atoms. The quantitative estimate of drug-likeness (QED) is 0.778. The molecule has 0 N–H and O–H groups in total. The second-order valence-electron chi connectivity index (χ2n) is 4.63. The zero-order chi connectivity index (χ0) is 10.5. The van der Waals surface area contributed by atoms with Crippen LogP contribution in [0.3, 0.4) is 0 Å². The minimum absolute atomic E-state index is 0.454. The van der Waals surface area contributed by atoms with Crippen molar-refractivity contribution in [2.24, 2.45) is 9.78 Å². The minimum atomic E-state index is -1.89. The highest BCUT2D eigenvalue weighted by Crippen LogP contribution is 2.55. The van der Waals surface area contributed by atoms with Crippen LogP contribution in [0, 0.1) is 5.41 Å². The second-order valence-corrected chi connectivity index (χ2v) is 7.85. The van der Waals surface area contributed by atoms with Crippen molar-refractivity contribution < 1.29 is 4.21 Å². The van der Waals surface area contributed by atoms with Gasteiger partial charge < -0.3 is 0 Å². The normalized spacial score (nSPS) is 24.6. The largest absolute Gasteiger partial charge is 0.249 e. The average Bonchev–Trinajstić information content (AvgIpc) is 2.88. The van der Waals surface area contributed by atoms with E-state index in [-0.39, 0.29) is 0 Å². The van der Waals surface area contributed by atoms with E-state index in [0.717, 1.165) is 21.7 Å². The van der Waals surface area contributed by atoms with Crippen molar-refractivity contribution in [3.8, 4) is 0 Å². The highest BCUT2D eigenvalue weighted by Gasteiger charge is 2.55. The van der Waals surface area contributed by atoms with Crippen LogP contribution >= 0.6 is 15.9 Å². The molecule has 4 heteroatoms. The van der Waals surface area contributed by atoms with E-state index in [0.29, 0.717) is 5.41 Å². The van der Waals surface area contributed by atoms with Crippen molar-refractivity contribution >= 4 is 31.3 Å². The fourth-order valence-corrected chi connectivity index (χ4v) is 5.44. The first kappa shape index (κ1) is 9.85. The highest BCUT2D eigenvalue weighted by atomic mass is 79.9. The molecular formula is C11H12BrNOS. The number of hydrogen-bond acceptors (Lipinski definition) is 2. The summed E-state index contributed by atoms with van der Waals surface area (Å²) in [5.41, 5.74) is 1.30. The Balaban J connectivity index is 1.87. The van der Waals surface area contributed by atoms with Crippen molar-refractivity contribution in [3.63, 3.8) is 0 Å². The zero-order valence-corrected chi connectivity index (χ0v) is 10.7. The summed E-state index contributed by atoms with van der Waals surface area (Å²) in [5, 5.41) is 0. The van der Waals surface area contributed by atoms with Gasteiger partial charge in [0.05, 0.1) is 15.4 Å². The third-order valence-corrected chi connectivity index (χ3v) is 6.32. The van der Waals surface area contributed by atoms with E-state index in [9.17, 15) is 4.21 Å². The van der Waals surface area contributed by atoms with Crippen molar-refractivity contribution in [2.45, 2.75) is 12.8 Å². The average molecular weight is 286 g/mol. The van der Waals surface area contributed by atoms with Crippen molar-refractivity contribution in [1.29, 1.82) is 0 Å². The van der Waals surface area contributed by atoms with Gasteiger partial charge in [0.25, 0.3) is 0 Å². The molecule has 0 aromatic heterocycles. The zero-order valence-electron chi connectivity index (χ0n) is 8.28. The molecule has 0 unspecified atom stereocenters. The molecule has 1 aliphatic heterocycles. The van der Waals surface area contributed by atoms with Crippen molar-refractivity contribution in [3.05, 3.63) is 28.7 Å². The summed E-state index contributed by atoms with van der Waals surface area (Å²) in [5.74, 6) is 1.66. The Morgan fingerprint density at radius 3 is 2.33 bits per heavy atom. The van der Waals surface area contributed by atoms with Gasteiger partial charge in [0.15, 0.2) is 0 Å². The Bertz CT molecular complexity index is 496. The Kier molecular flexibility index (Phi) is 2.02. The lowest BCUT2D eigenvalue weighted by atomic mass is 10.2. The van der Waals surface area contributed by atoms with Crippen LogP contribution in [0.4, 0.5) is 5.69 Å². The lowest BCUT2D eigenvalue weighted by Gasteiger charge is -2.29. The number of hydrogen-bond donors (Lipinski definition) is 0. The summed E-state index contributed by atoms with van der Waals surface area (Å²) in [4.78, 5) is 0. The summed E-state index contributed by atoms with van der Waals surface area (Å²) >= 11 is 3.37. The van der Waals surface area contributed by atoms with Crippen molar-refractivity contribution in [1.82, 2.24) is 0 Å². The van der Waals surface area contributed by atoms with Gasteiger partial charge in [0.2, 0.25) is 0 Å². The van der Waals surface area contributed by atoms with Gasteiger partial charge in [-0.15, -0.1) is 0 Å². The minimum Gasteiger partial charge on any atom is -0.249 e. The van der Waals surface area contributed by atoms with E-state index >= 15 is 0 Å². The van der Waals surface area contributed by atoms with Crippen LogP contribution in [0.25, 0.3) is 0 Å². The number of halogens is 1. The molecule has 1 aliphatic carbocycles. The summed E-state index contributed by atoms with van der Waals surface area (Å²) in [7, 11) is -1.89. The molecular weight excluding hydrogens is 274 g/mol. The van der Waals surface area contributed by atoms with E-state index < -0.39 is 9.73 Å². The molecule has 1 saturated heterocycles. The Labute approximate surface area is 98.4 Å². The van der Waals surface area contributed by atoms with E-state index in [2.05, 4.69) is 20.3 Å². The molecule has 15 heavy (non-hydrogen) atoms. The van der Waals surface area contributed by atoms with Gasteiger partial charge in [-0.1, -0.05) is 15.9 Å². The summed E-state index contributed by atoms with van der Waals surface area (Å²) in [6.07, 6.45) is 2.53. The Morgan fingerprint density at radius 1 is 1.20 bits per heavy atom. The molecule has 1 aromatic rings. The predicted octanol–water partition coefficient (Wildman–Crippen LogP) is 3.34. The van der Waals surface area contributed by atoms with Gasteiger partial charge in [-0.3, -0.25) is 0 Å². The van der Waals surface area contributed by atoms with Crippen LogP contribution < -0.4 is 0 Å². The van der Waals surface area contributed by atoms with Gasteiger partial charge >= 0.3 is 0 Å². The third kappa shape index (κ3) is 1.85. The maximum atomic E-state index is 12.2. The second kappa shape index (κ2) is 3.08. The Morgan fingerprint density at radius 2 is 1.80 bits per heavy atom. The van der Waals surface area contributed by atoms with Crippen LogP contribution in [0.15, 0.2) is 33.1 Å². The number of rotatable bonds is 1. The van der Waals surface area contributed by atoms with Gasteiger partial charge in [0.1, 0.15) is 0 Å². The fourth-order valence-electron chi connectivity index (χ4n) is 2.14. The first-order chi connectivity index (χ1) is 7.09. The molecule has 0 amide bonds. The first-order valence-corrected chi connectivity index (χ1v) is 7.72. The van der Waals surface area contributed by atoms with Gasteiger partial charge in [-0.2, -0.15) is 4.36 Å². The van der Waals surface area contributed by atoms with Crippen molar-refractivity contribution in [2.75, 3.05) is 11.5 Å². The monoisotopic (exact) mass is 285 g/mol. The summed E-state index contributed by atoms with van der Waals surface area (Å²) in [6, 6.07) is 7.70. The lowest BCUT2D eigenvalue weighted by Crippen LogP contribution is -2.37. The van der Waals surface area contributed by atoms with Crippen LogP contribution in [0.1, 0.15) is 12.8 Å². The SMILES string of the molecule is O=S1(=Nc2ccc(Br)cc2)CC2(CC2)C1. The van der Waals surface area contributed by atoms with E-state index in [1.807, 2.05) is 24.3 Å². The highest BCUT2D eigenvalue weighted by molar-refractivity contribution is 9.10. The predicted molar refractivity (Wildman–Crippen MR) is 65.8 cm³/mol. The first-order valence-electron chi connectivity index (χ1n) is 5.07. The molecule has 0 atom stereocenters. The molecule has 2 nitrogen and oxygen atoms in total. The lowest BCUT2D eigenvalue weighted by molar-refractivity contribution is 0.571. The smallest absolute Gasteiger partial charge is 0.0731 e. The van der Waals surface area contributed by atoms with E-state index in [1.165, 1.54) is 12.8 Å². The summed E-state index contributed by atoms with van der Waals surface area (Å²) < 4.78 is 17.6. The van der Waals surface area contributed by atoms with Crippen LogP contribution in [0.5, 0.6) is 0 Å². The van der Waals surface area contributed by atoms with Crippen LogP contribution in [-0.4, -0.2) is 15.7 Å². The van der Waals surface area contributed by atoms with Crippen LogP contribution in [-0.2, 0) is 9.73 Å². The molecule has 1 spiro atoms. The molecule has 1 heterocycles.